The maximum Gasteiger partial charge on any atom is 0.232 e. The molecule has 0 fully saturated rings. The lowest BCUT2D eigenvalue weighted by atomic mass is 10.1. The van der Waals surface area contributed by atoms with Crippen LogP contribution in [0.5, 0.6) is 5.88 Å². The van der Waals surface area contributed by atoms with E-state index >= 15 is 0 Å². The van der Waals surface area contributed by atoms with Crippen molar-refractivity contribution in [3.05, 3.63) is 29.7 Å². The average Bonchev–Trinajstić information content (AvgIpc) is 2.95. The van der Waals surface area contributed by atoms with Crippen LogP contribution in [0, 0.1) is 6.92 Å². The molecular weight excluding hydrogens is 342 g/mol. The van der Waals surface area contributed by atoms with Gasteiger partial charge in [0.1, 0.15) is 11.6 Å². The molecule has 0 amide bonds. The standard InChI is InChI=1S/C19H27N7O/c1-6-26(7-2)18-14(9-15-13(4)24-25(5)19(15)23-18)10-20-16-11-22-17(12-21-16)27-8-3/h9,11-12H,6-8,10H2,1-5H3,(H,20,21). The maximum atomic E-state index is 5.34. The molecule has 0 atom stereocenters. The second-order valence-electron chi connectivity index (χ2n) is 6.25. The van der Waals surface area contributed by atoms with E-state index in [4.69, 9.17) is 9.72 Å². The van der Waals surface area contributed by atoms with Crippen molar-refractivity contribution >= 4 is 22.7 Å². The average molecular weight is 369 g/mol. The van der Waals surface area contributed by atoms with Gasteiger partial charge in [-0.25, -0.2) is 15.0 Å². The summed E-state index contributed by atoms with van der Waals surface area (Å²) < 4.78 is 7.18. The number of hydrogen-bond acceptors (Lipinski definition) is 7. The summed E-state index contributed by atoms with van der Waals surface area (Å²) in [5.41, 5.74) is 2.99. The van der Waals surface area contributed by atoms with Crippen LogP contribution >= 0.6 is 0 Å². The largest absolute Gasteiger partial charge is 0.477 e. The second kappa shape index (κ2) is 8.20. The summed E-state index contributed by atoms with van der Waals surface area (Å²) in [7, 11) is 1.93. The van der Waals surface area contributed by atoms with E-state index in [-0.39, 0.29) is 0 Å². The van der Waals surface area contributed by atoms with E-state index in [0.717, 1.165) is 41.2 Å². The third-order valence-electron chi connectivity index (χ3n) is 4.50. The molecule has 8 nitrogen and oxygen atoms in total. The van der Waals surface area contributed by atoms with Crippen molar-refractivity contribution < 1.29 is 4.74 Å². The van der Waals surface area contributed by atoms with Crippen LogP contribution in [0.4, 0.5) is 11.6 Å². The van der Waals surface area contributed by atoms with E-state index in [9.17, 15) is 0 Å². The third kappa shape index (κ3) is 3.94. The molecule has 0 aliphatic carbocycles. The van der Waals surface area contributed by atoms with Crippen molar-refractivity contribution in [1.82, 2.24) is 24.7 Å². The van der Waals surface area contributed by atoms with Crippen molar-refractivity contribution in [2.24, 2.45) is 7.05 Å². The molecule has 0 aromatic carbocycles. The highest BCUT2D eigenvalue weighted by Gasteiger charge is 2.16. The Morgan fingerprint density at radius 3 is 2.56 bits per heavy atom. The number of aromatic nitrogens is 5. The first kappa shape index (κ1) is 18.9. The molecule has 3 heterocycles. The highest BCUT2D eigenvalue weighted by molar-refractivity contribution is 5.81. The Balaban J connectivity index is 1.91. The van der Waals surface area contributed by atoms with Gasteiger partial charge in [0.25, 0.3) is 0 Å². The quantitative estimate of drug-likeness (QED) is 0.654. The highest BCUT2D eigenvalue weighted by atomic mass is 16.5. The molecule has 0 spiro atoms. The number of nitrogens with zero attached hydrogens (tertiary/aromatic N) is 6. The molecule has 3 aromatic heterocycles. The number of hydrogen-bond donors (Lipinski definition) is 1. The summed E-state index contributed by atoms with van der Waals surface area (Å²) in [4.78, 5) is 15.8. The van der Waals surface area contributed by atoms with Crippen LogP contribution in [-0.4, -0.2) is 44.4 Å². The fourth-order valence-corrected chi connectivity index (χ4v) is 3.12. The molecule has 3 rings (SSSR count). The zero-order valence-electron chi connectivity index (χ0n) is 16.7. The molecule has 0 saturated heterocycles. The van der Waals surface area contributed by atoms with Gasteiger partial charge in [0.05, 0.1) is 24.7 Å². The Labute approximate surface area is 159 Å². The van der Waals surface area contributed by atoms with E-state index in [0.29, 0.717) is 24.8 Å². The maximum absolute atomic E-state index is 5.34. The van der Waals surface area contributed by atoms with Gasteiger partial charge in [-0.2, -0.15) is 5.10 Å². The lowest BCUT2D eigenvalue weighted by Crippen LogP contribution is -2.25. The van der Waals surface area contributed by atoms with Crippen molar-refractivity contribution in [1.29, 1.82) is 0 Å². The zero-order valence-corrected chi connectivity index (χ0v) is 16.7. The van der Waals surface area contributed by atoms with E-state index in [1.807, 2.05) is 25.6 Å². The monoisotopic (exact) mass is 369 g/mol. The Morgan fingerprint density at radius 2 is 1.93 bits per heavy atom. The number of pyridine rings is 1. The minimum atomic E-state index is 0.529. The predicted molar refractivity (Wildman–Crippen MR) is 107 cm³/mol. The smallest absolute Gasteiger partial charge is 0.232 e. The predicted octanol–water partition coefficient (Wildman–Crippen LogP) is 2.92. The minimum Gasteiger partial charge on any atom is -0.477 e. The summed E-state index contributed by atoms with van der Waals surface area (Å²) in [6, 6.07) is 2.17. The summed E-state index contributed by atoms with van der Waals surface area (Å²) in [5.74, 6) is 2.20. The van der Waals surface area contributed by atoms with Crippen molar-refractivity contribution in [3.8, 4) is 5.88 Å². The Morgan fingerprint density at radius 1 is 1.15 bits per heavy atom. The number of fused-ring (bicyclic) bond motifs is 1. The fourth-order valence-electron chi connectivity index (χ4n) is 3.12. The van der Waals surface area contributed by atoms with Gasteiger partial charge < -0.3 is 15.0 Å². The fraction of sp³-hybridized carbons (Fsp3) is 0.474. The second-order valence-corrected chi connectivity index (χ2v) is 6.25. The van der Waals surface area contributed by atoms with E-state index in [2.05, 4.69) is 45.2 Å². The van der Waals surface area contributed by atoms with Crippen LogP contribution in [0.1, 0.15) is 32.0 Å². The van der Waals surface area contributed by atoms with Gasteiger partial charge in [-0.1, -0.05) is 0 Å². The van der Waals surface area contributed by atoms with Crippen molar-refractivity contribution in [2.75, 3.05) is 29.9 Å². The molecule has 1 N–H and O–H groups in total. The summed E-state index contributed by atoms with van der Waals surface area (Å²) in [6.45, 7) is 11.2. The first-order valence-electron chi connectivity index (χ1n) is 9.34. The minimum absolute atomic E-state index is 0.529. The molecule has 0 aliphatic heterocycles. The van der Waals surface area contributed by atoms with Gasteiger partial charge in [0.15, 0.2) is 5.65 Å². The third-order valence-corrected chi connectivity index (χ3v) is 4.50. The van der Waals surface area contributed by atoms with Gasteiger partial charge in [-0.15, -0.1) is 0 Å². The molecule has 0 radical (unpaired) electrons. The first-order valence-corrected chi connectivity index (χ1v) is 9.34. The van der Waals surface area contributed by atoms with E-state index in [1.165, 1.54) is 0 Å². The molecule has 144 valence electrons. The van der Waals surface area contributed by atoms with Crippen LogP contribution < -0.4 is 15.0 Å². The number of rotatable bonds is 8. The molecule has 0 saturated carbocycles. The molecule has 27 heavy (non-hydrogen) atoms. The number of ether oxygens (including phenoxy) is 1. The number of anilines is 2. The van der Waals surface area contributed by atoms with Gasteiger partial charge in [0, 0.05) is 37.6 Å². The summed E-state index contributed by atoms with van der Waals surface area (Å²) in [6.07, 6.45) is 3.31. The van der Waals surface area contributed by atoms with Gasteiger partial charge in [-0.05, 0) is 33.8 Å². The van der Waals surface area contributed by atoms with Gasteiger partial charge in [0.2, 0.25) is 5.88 Å². The molecule has 0 aliphatic rings. The SMILES string of the molecule is CCOc1cnc(NCc2cc3c(C)nn(C)c3nc2N(CC)CC)cn1. The van der Waals surface area contributed by atoms with Crippen LogP contribution in [0.15, 0.2) is 18.5 Å². The van der Waals surface area contributed by atoms with Crippen LogP contribution in [0.3, 0.4) is 0 Å². The van der Waals surface area contributed by atoms with Crippen LogP contribution in [0.2, 0.25) is 0 Å². The van der Waals surface area contributed by atoms with Crippen LogP contribution in [0.25, 0.3) is 11.0 Å². The Kier molecular flexibility index (Phi) is 5.73. The van der Waals surface area contributed by atoms with Gasteiger partial charge in [-0.3, -0.25) is 4.68 Å². The topological polar surface area (TPSA) is 81.0 Å². The highest BCUT2D eigenvalue weighted by Crippen LogP contribution is 2.26. The molecule has 8 heteroatoms. The van der Waals surface area contributed by atoms with Gasteiger partial charge >= 0.3 is 0 Å². The molecular formula is C19H27N7O. The number of nitrogens with one attached hydrogen (secondary N) is 1. The van der Waals surface area contributed by atoms with Crippen molar-refractivity contribution in [2.45, 2.75) is 34.2 Å². The lowest BCUT2D eigenvalue weighted by molar-refractivity contribution is 0.325. The summed E-state index contributed by atoms with van der Waals surface area (Å²) in [5, 5.41) is 8.92. The molecule has 0 bridgehead atoms. The Bertz CT molecular complexity index is 901. The van der Waals surface area contributed by atoms with Crippen LogP contribution in [-0.2, 0) is 13.6 Å². The zero-order chi connectivity index (χ0) is 19.4. The first-order chi connectivity index (χ1) is 13.1. The Hall–Kier alpha value is -2.90. The van der Waals surface area contributed by atoms with E-state index < -0.39 is 0 Å². The summed E-state index contributed by atoms with van der Waals surface area (Å²) >= 11 is 0. The molecule has 3 aromatic rings. The van der Waals surface area contributed by atoms with Crippen molar-refractivity contribution in [3.63, 3.8) is 0 Å². The lowest BCUT2D eigenvalue weighted by Gasteiger charge is -2.23. The normalized spacial score (nSPS) is 11.0. The number of aryl methyl sites for hydroxylation is 2. The van der Waals surface area contributed by atoms with E-state index in [1.54, 1.807) is 12.4 Å². The molecule has 0 unspecified atom stereocenters.